The Labute approximate surface area is 61.1 Å². The number of nitrogens with zero attached hydrogens (tertiary/aromatic N) is 2. The van der Waals surface area contributed by atoms with E-state index in [1.807, 2.05) is 6.92 Å². The highest BCUT2D eigenvalue weighted by Crippen LogP contribution is 2.47. The zero-order chi connectivity index (χ0) is 7.61. The molecule has 0 N–H and O–H groups in total. The van der Waals surface area contributed by atoms with Gasteiger partial charge in [0.15, 0.2) is 0 Å². The maximum Gasteiger partial charge on any atom is 0.146 e. The van der Waals surface area contributed by atoms with Crippen LogP contribution < -0.4 is 0 Å². The van der Waals surface area contributed by atoms with Crippen LogP contribution in [-0.4, -0.2) is 0 Å². The zero-order valence-corrected chi connectivity index (χ0v) is 6.09. The molecule has 0 saturated heterocycles. The molecule has 0 aromatic carbocycles. The molecule has 0 aliphatic heterocycles. The number of hydrogen-bond acceptors (Lipinski definition) is 2. The average molecular weight is 134 g/mol. The van der Waals surface area contributed by atoms with Crippen molar-refractivity contribution in [3.63, 3.8) is 0 Å². The fraction of sp³-hybridized carbons (Fsp3) is 0.750. The molecule has 0 bridgehead atoms. The quantitative estimate of drug-likeness (QED) is 0.549. The molecule has 1 atom stereocenters. The van der Waals surface area contributed by atoms with E-state index in [-0.39, 0.29) is 0 Å². The zero-order valence-electron chi connectivity index (χ0n) is 6.09. The van der Waals surface area contributed by atoms with E-state index in [4.69, 9.17) is 10.5 Å². The normalized spacial score (nSPS) is 27.7. The standard InChI is InChI=1S/C8H10N2/c1-2-7-3-4-8(7,5-9)6-10/h7H,2-4H2,1H3. The van der Waals surface area contributed by atoms with E-state index in [1.54, 1.807) is 0 Å². The van der Waals surface area contributed by atoms with Crippen LogP contribution >= 0.6 is 0 Å². The smallest absolute Gasteiger partial charge is 0.146 e. The highest BCUT2D eigenvalue weighted by atomic mass is 14.5. The third-order valence-electron chi connectivity index (χ3n) is 2.48. The highest BCUT2D eigenvalue weighted by Gasteiger charge is 2.46. The molecule has 1 saturated carbocycles. The monoisotopic (exact) mass is 134 g/mol. The summed E-state index contributed by atoms with van der Waals surface area (Å²) in [7, 11) is 0. The van der Waals surface area contributed by atoms with Gasteiger partial charge in [-0.15, -0.1) is 0 Å². The second kappa shape index (κ2) is 2.31. The van der Waals surface area contributed by atoms with Crippen LogP contribution in [0.1, 0.15) is 26.2 Å². The molecular formula is C8H10N2. The van der Waals surface area contributed by atoms with Crippen molar-refractivity contribution >= 4 is 0 Å². The highest BCUT2D eigenvalue weighted by molar-refractivity contribution is 5.21. The maximum atomic E-state index is 8.67. The molecule has 0 aromatic rings. The van der Waals surface area contributed by atoms with Crippen LogP contribution in [0.2, 0.25) is 0 Å². The van der Waals surface area contributed by atoms with Gasteiger partial charge in [-0.2, -0.15) is 10.5 Å². The van der Waals surface area contributed by atoms with Gasteiger partial charge in [0.1, 0.15) is 5.41 Å². The van der Waals surface area contributed by atoms with Gasteiger partial charge in [0, 0.05) is 0 Å². The van der Waals surface area contributed by atoms with Gasteiger partial charge in [-0.05, 0) is 18.8 Å². The van der Waals surface area contributed by atoms with Crippen LogP contribution in [0.5, 0.6) is 0 Å². The Balaban J connectivity index is 2.72. The van der Waals surface area contributed by atoms with Gasteiger partial charge < -0.3 is 0 Å². The van der Waals surface area contributed by atoms with Gasteiger partial charge in [-0.3, -0.25) is 0 Å². The van der Waals surface area contributed by atoms with Crippen molar-refractivity contribution in [1.82, 2.24) is 0 Å². The van der Waals surface area contributed by atoms with Crippen molar-refractivity contribution in [2.75, 3.05) is 0 Å². The van der Waals surface area contributed by atoms with Crippen molar-refractivity contribution in [2.45, 2.75) is 26.2 Å². The second-order valence-electron chi connectivity index (χ2n) is 2.84. The Bertz CT molecular complexity index is 190. The third-order valence-corrected chi connectivity index (χ3v) is 2.48. The summed E-state index contributed by atoms with van der Waals surface area (Å²) < 4.78 is 0. The van der Waals surface area contributed by atoms with E-state index < -0.39 is 5.41 Å². The number of hydrogen-bond donors (Lipinski definition) is 0. The summed E-state index contributed by atoms with van der Waals surface area (Å²) in [5.41, 5.74) is -0.616. The molecule has 0 aromatic heterocycles. The average Bonchev–Trinajstić information content (AvgIpc) is 1.90. The van der Waals surface area contributed by atoms with E-state index in [0.717, 1.165) is 19.3 Å². The molecule has 2 nitrogen and oxygen atoms in total. The van der Waals surface area contributed by atoms with Crippen LogP contribution in [0.15, 0.2) is 0 Å². The Kier molecular flexibility index (Phi) is 1.64. The first-order valence-corrected chi connectivity index (χ1v) is 3.61. The second-order valence-corrected chi connectivity index (χ2v) is 2.84. The van der Waals surface area contributed by atoms with Crippen LogP contribution in [0.4, 0.5) is 0 Å². The Morgan fingerprint density at radius 2 is 2.10 bits per heavy atom. The van der Waals surface area contributed by atoms with Crippen molar-refractivity contribution < 1.29 is 0 Å². The summed E-state index contributed by atoms with van der Waals surface area (Å²) in [6, 6.07) is 4.21. The van der Waals surface area contributed by atoms with Crippen molar-refractivity contribution in [3.05, 3.63) is 0 Å². The summed E-state index contributed by atoms with van der Waals surface area (Å²) in [6.07, 6.45) is 2.79. The molecule has 1 rings (SSSR count). The lowest BCUT2D eigenvalue weighted by molar-refractivity contribution is 0.152. The maximum absolute atomic E-state index is 8.67. The van der Waals surface area contributed by atoms with Gasteiger partial charge in [-0.25, -0.2) is 0 Å². The molecule has 1 fully saturated rings. The SMILES string of the molecule is CCC1CCC1(C#N)C#N. The molecule has 2 heteroatoms. The van der Waals surface area contributed by atoms with Crippen LogP contribution in [0.25, 0.3) is 0 Å². The molecular weight excluding hydrogens is 124 g/mol. The summed E-state index contributed by atoms with van der Waals surface area (Å²) in [5.74, 6) is 0.336. The fourth-order valence-electron chi connectivity index (χ4n) is 1.51. The van der Waals surface area contributed by atoms with E-state index >= 15 is 0 Å². The molecule has 10 heavy (non-hydrogen) atoms. The van der Waals surface area contributed by atoms with Gasteiger partial charge in [0.25, 0.3) is 0 Å². The lowest BCUT2D eigenvalue weighted by Gasteiger charge is -2.38. The van der Waals surface area contributed by atoms with Gasteiger partial charge in [0.05, 0.1) is 12.1 Å². The van der Waals surface area contributed by atoms with Crippen LogP contribution in [-0.2, 0) is 0 Å². The van der Waals surface area contributed by atoms with E-state index in [9.17, 15) is 0 Å². The van der Waals surface area contributed by atoms with Crippen LogP contribution in [0.3, 0.4) is 0 Å². The van der Waals surface area contributed by atoms with Gasteiger partial charge in [-0.1, -0.05) is 13.3 Å². The van der Waals surface area contributed by atoms with Crippen molar-refractivity contribution in [2.24, 2.45) is 11.3 Å². The Morgan fingerprint density at radius 3 is 2.20 bits per heavy atom. The Morgan fingerprint density at radius 1 is 1.50 bits per heavy atom. The number of rotatable bonds is 1. The first-order chi connectivity index (χ1) is 4.79. The lowest BCUT2D eigenvalue weighted by Crippen LogP contribution is -2.36. The van der Waals surface area contributed by atoms with Crippen molar-refractivity contribution in [3.8, 4) is 12.1 Å². The largest absolute Gasteiger partial charge is 0.197 e. The molecule has 0 radical (unpaired) electrons. The summed E-state index contributed by atoms with van der Waals surface area (Å²) in [6.45, 7) is 2.03. The minimum Gasteiger partial charge on any atom is -0.197 e. The first kappa shape index (κ1) is 7.09. The first-order valence-electron chi connectivity index (χ1n) is 3.61. The summed E-state index contributed by atoms with van der Waals surface area (Å²) >= 11 is 0. The van der Waals surface area contributed by atoms with E-state index in [2.05, 4.69) is 12.1 Å². The molecule has 1 aliphatic rings. The minimum absolute atomic E-state index is 0.336. The predicted octanol–water partition coefficient (Wildman–Crippen LogP) is 1.84. The van der Waals surface area contributed by atoms with Crippen molar-refractivity contribution in [1.29, 1.82) is 10.5 Å². The molecule has 1 aliphatic carbocycles. The lowest BCUT2D eigenvalue weighted by atomic mass is 9.61. The molecule has 0 heterocycles. The van der Waals surface area contributed by atoms with Gasteiger partial charge in [0.2, 0.25) is 0 Å². The minimum atomic E-state index is -0.616. The molecule has 0 spiro atoms. The fourth-order valence-corrected chi connectivity index (χ4v) is 1.51. The Hall–Kier alpha value is -1.02. The molecule has 52 valence electrons. The topological polar surface area (TPSA) is 47.6 Å². The van der Waals surface area contributed by atoms with E-state index in [1.165, 1.54) is 0 Å². The molecule has 1 unspecified atom stereocenters. The van der Waals surface area contributed by atoms with Gasteiger partial charge >= 0.3 is 0 Å². The molecule has 0 amide bonds. The summed E-state index contributed by atoms with van der Waals surface area (Å²) in [5, 5.41) is 17.3. The third kappa shape index (κ3) is 0.693. The predicted molar refractivity (Wildman–Crippen MR) is 36.7 cm³/mol. The van der Waals surface area contributed by atoms with E-state index in [0.29, 0.717) is 5.92 Å². The number of nitriles is 2. The van der Waals surface area contributed by atoms with Crippen LogP contribution in [0, 0.1) is 34.0 Å². The summed E-state index contributed by atoms with van der Waals surface area (Å²) in [4.78, 5) is 0.